The molecule has 39 heavy (non-hydrogen) atoms. The summed E-state index contributed by atoms with van der Waals surface area (Å²) in [5.41, 5.74) is 1.43. The van der Waals surface area contributed by atoms with Crippen molar-refractivity contribution in [2.45, 2.75) is 64.3 Å². The van der Waals surface area contributed by atoms with Crippen molar-refractivity contribution < 1.29 is 34.1 Å². The van der Waals surface area contributed by atoms with Crippen LogP contribution in [-0.4, -0.2) is 55.3 Å². The molecule has 2 N–H and O–H groups in total. The van der Waals surface area contributed by atoms with Crippen molar-refractivity contribution in [3.05, 3.63) is 56.9 Å². The van der Waals surface area contributed by atoms with Gasteiger partial charge < -0.3 is 24.3 Å². The SMILES string of the molecule is CCc1ccc(OC(=O)N2CCCC2C(=O)O)c2cc3c(nc12)-c1cc2c(c(=O)n1C3)COC(=O)[C@]2(O)CC. The van der Waals surface area contributed by atoms with Crippen LogP contribution in [-0.2, 0) is 39.5 Å². The zero-order valence-electron chi connectivity index (χ0n) is 21.5. The quantitative estimate of drug-likeness (QED) is 0.378. The molecule has 6 rings (SSSR count). The van der Waals surface area contributed by atoms with E-state index in [1.165, 1.54) is 4.90 Å². The molecular weight excluding hydrogens is 506 g/mol. The zero-order chi connectivity index (χ0) is 27.6. The number of fused-ring (bicyclic) bond motifs is 5. The standard InChI is InChI=1S/C28H27N3O8/c1-3-14-7-8-21(39-27(36)30-9-5-6-19(30)25(33)34)16-10-15-12-31-20(23(15)29-22(14)16)11-18-17(24(31)32)13-38-26(35)28(18,37)4-2/h7-8,10-11,19,37H,3-6,9,12-13H2,1-2H3,(H,33,34)/t19?,28-/m0/s1. The van der Waals surface area contributed by atoms with Gasteiger partial charge in [-0.05, 0) is 49.4 Å². The number of carbonyl (C=O) groups excluding carboxylic acids is 2. The number of aryl methyl sites for hydroxylation is 1. The second-order valence-corrected chi connectivity index (χ2v) is 10.1. The molecule has 202 valence electrons. The first-order valence-corrected chi connectivity index (χ1v) is 13.0. The lowest BCUT2D eigenvalue weighted by Crippen LogP contribution is -2.44. The van der Waals surface area contributed by atoms with Gasteiger partial charge in [0.25, 0.3) is 5.56 Å². The van der Waals surface area contributed by atoms with E-state index in [9.17, 15) is 29.4 Å². The maximum Gasteiger partial charge on any atom is 0.416 e. The molecule has 3 aliphatic heterocycles. The summed E-state index contributed by atoms with van der Waals surface area (Å²) < 4.78 is 12.4. The van der Waals surface area contributed by atoms with E-state index >= 15 is 0 Å². The predicted molar refractivity (Wildman–Crippen MR) is 137 cm³/mol. The van der Waals surface area contributed by atoms with Gasteiger partial charge in [-0.2, -0.15) is 0 Å². The van der Waals surface area contributed by atoms with E-state index < -0.39 is 29.7 Å². The second-order valence-electron chi connectivity index (χ2n) is 10.1. The first-order valence-electron chi connectivity index (χ1n) is 13.0. The van der Waals surface area contributed by atoms with E-state index in [1.54, 1.807) is 23.6 Å². The first-order chi connectivity index (χ1) is 18.7. The minimum absolute atomic E-state index is 0.0498. The highest BCUT2D eigenvalue weighted by Gasteiger charge is 2.45. The largest absolute Gasteiger partial charge is 0.480 e. The van der Waals surface area contributed by atoms with Crippen LogP contribution in [0.4, 0.5) is 4.79 Å². The Balaban J connectivity index is 1.47. The van der Waals surface area contributed by atoms with E-state index in [0.717, 1.165) is 5.56 Å². The summed E-state index contributed by atoms with van der Waals surface area (Å²) in [6, 6.07) is 6.04. The minimum atomic E-state index is -1.92. The summed E-state index contributed by atoms with van der Waals surface area (Å²) in [6.45, 7) is 3.91. The van der Waals surface area contributed by atoms with Gasteiger partial charge in [0.05, 0.1) is 29.0 Å². The van der Waals surface area contributed by atoms with Gasteiger partial charge in [0.15, 0.2) is 5.60 Å². The molecule has 1 fully saturated rings. The number of aliphatic hydroxyl groups is 1. The van der Waals surface area contributed by atoms with E-state index in [4.69, 9.17) is 14.5 Å². The maximum absolute atomic E-state index is 13.5. The van der Waals surface area contributed by atoms with Crippen molar-refractivity contribution in [3.63, 3.8) is 0 Å². The Morgan fingerprint density at radius 3 is 2.74 bits per heavy atom. The maximum atomic E-state index is 13.5. The number of ether oxygens (including phenoxy) is 2. The van der Waals surface area contributed by atoms with Crippen molar-refractivity contribution >= 4 is 28.9 Å². The van der Waals surface area contributed by atoms with Crippen LogP contribution in [0, 0.1) is 0 Å². The summed E-state index contributed by atoms with van der Waals surface area (Å²) in [5.74, 6) is -1.60. The number of cyclic esters (lactones) is 1. The number of likely N-dealkylation sites (tertiary alicyclic amines) is 1. The average Bonchev–Trinajstić information content (AvgIpc) is 3.56. The minimum Gasteiger partial charge on any atom is -0.480 e. The number of carboxylic acids is 1. The molecule has 11 nitrogen and oxygen atoms in total. The Morgan fingerprint density at radius 1 is 1.23 bits per heavy atom. The second kappa shape index (κ2) is 8.91. The van der Waals surface area contributed by atoms with Crippen LogP contribution in [0.2, 0.25) is 0 Å². The number of nitrogens with zero attached hydrogens (tertiary/aromatic N) is 3. The number of aromatic nitrogens is 2. The number of esters is 1. The van der Waals surface area contributed by atoms with E-state index in [-0.39, 0.29) is 42.0 Å². The van der Waals surface area contributed by atoms with Crippen molar-refractivity contribution in [2.75, 3.05) is 6.54 Å². The molecular formula is C28H27N3O8. The van der Waals surface area contributed by atoms with Crippen LogP contribution in [0.3, 0.4) is 0 Å². The van der Waals surface area contributed by atoms with Crippen LogP contribution < -0.4 is 10.3 Å². The Kier molecular flexibility index (Phi) is 5.72. The van der Waals surface area contributed by atoms with E-state index in [0.29, 0.717) is 53.7 Å². The predicted octanol–water partition coefficient (Wildman–Crippen LogP) is 2.69. The Hall–Kier alpha value is -4.25. The molecule has 1 amide bonds. The molecule has 1 unspecified atom stereocenters. The lowest BCUT2D eigenvalue weighted by molar-refractivity contribution is -0.172. The molecule has 2 aromatic heterocycles. The van der Waals surface area contributed by atoms with Crippen LogP contribution >= 0.6 is 0 Å². The summed E-state index contributed by atoms with van der Waals surface area (Å²) in [4.78, 5) is 56.5. The van der Waals surface area contributed by atoms with Crippen LogP contribution in [0.15, 0.2) is 29.1 Å². The Morgan fingerprint density at radius 2 is 2.03 bits per heavy atom. The first kappa shape index (κ1) is 25.1. The van der Waals surface area contributed by atoms with E-state index in [2.05, 4.69) is 0 Å². The van der Waals surface area contributed by atoms with Gasteiger partial charge in [-0.3, -0.25) is 9.69 Å². The lowest BCUT2D eigenvalue weighted by atomic mass is 9.86. The molecule has 0 bridgehead atoms. The van der Waals surface area contributed by atoms with Gasteiger partial charge in [0.2, 0.25) is 0 Å². The van der Waals surface area contributed by atoms with Crippen LogP contribution in [0.25, 0.3) is 22.3 Å². The zero-order valence-corrected chi connectivity index (χ0v) is 21.5. The summed E-state index contributed by atoms with van der Waals surface area (Å²) in [6.07, 6.45) is 0.908. The molecule has 2 atom stereocenters. The number of carboxylic acid groups (broad SMARTS) is 1. The average molecular weight is 534 g/mol. The third kappa shape index (κ3) is 3.63. The monoisotopic (exact) mass is 533 g/mol. The number of benzene rings is 1. The van der Waals surface area contributed by atoms with Gasteiger partial charge in [0, 0.05) is 23.1 Å². The Labute approximate surface area is 222 Å². The molecule has 0 aliphatic carbocycles. The highest BCUT2D eigenvalue weighted by atomic mass is 16.6. The third-order valence-corrected chi connectivity index (χ3v) is 8.07. The fraction of sp³-hybridized carbons (Fsp3) is 0.393. The highest BCUT2D eigenvalue weighted by molar-refractivity contribution is 5.93. The van der Waals surface area contributed by atoms with Gasteiger partial charge in [0.1, 0.15) is 18.4 Å². The fourth-order valence-electron chi connectivity index (χ4n) is 5.87. The number of rotatable bonds is 4. The smallest absolute Gasteiger partial charge is 0.416 e. The summed E-state index contributed by atoms with van der Waals surface area (Å²) >= 11 is 0. The van der Waals surface area contributed by atoms with Gasteiger partial charge in [-0.1, -0.05) is 19.9 Å². The van der Waals surface area contributed by atoms with Gasteiger partial charge >= 0.3 is 18.0 Å². The topological polar surface area (TPSA) is 148 Å². The molecule has 0 spiro atoms. The van der Waals surface area contributed by atoms with Crippen molar-refractivity contribution in [3.8, 4) is 17.1 Å². The van der Waals surface area contributed by atoms with Crippen molar-refractivity contribution in [1.82, 2.24) is 14.5 Å². The number of hydrogen-bond acceptors (Lipinski definition) is 8. The lowest BCUT2D eigenvalue weighted by Gasteiger charge is -2.31. The molecule has 11 heteroatoms. The molecule has 0 radical (unpaired) electrons. The number of amides is 1. The molecule has 3 aliphatic rings. The molecule has 1 aromatic carbocycles. The number of pyridine rings is 2. The highest BCUT2D eigenvalue weighted by Crippen LogP contribution is 2.40. The normalized spacial score (nSPS) is 21.4. The van der Waals surface area contributed by atoms with Crippen LogP contribution in [0.5, 0.6) is 5.75 Å². The van der Waals surface area contributed by atoms with Gasteiger partial charge in [-0.15, -0.1) is 0 Å². The fourth-order valence-corrected chi connectivity index (χ4v) is 5.87. The van der Waals surface area contributed by atoms with Crippen molar-refractivity contribution in [2.24, 2.45) is 0 Å². The summed E-state index contributed by atoms with van der Waals surface area (Å²) in [7, 11) is 0. The van der Waals surface area contributed by atoms with E-state index in [1.807, 2.05) is 19.1 Å². The number of aliphatic carboxylic acids is 1. The van der Waals surface area contributed by atoms with Crippen molar-refractivity contribution in [1.29, 1.82) is 0 Å². The van der Waals surface area contributed by atoms with Gasteiger partial charge in [-0.25, -0.2) is 19.4 Å². The third-order valence-electron chi connectivity index (χ3n) is 8.07. The molecule has 3 aromatic rings. The number of hydrogen-bond donors (Lipinski definition) is 2. The number of carbonyl (C=O) groups is 3. The molecule has 0 saturated carbocycles. The van der Waals surface area contributed by atoms with Crippen LogP contribution in [0.1, 0.15) is 55.4 Å². The summed E-state index contributed by atoms with van der Waals surface area (Å²) in [5, 5.41) is 21.1. The molecule has 5 heterocycles. The Bertz CT molecular complexity index is 1640. The molecule has 1 saturated heterocycles.